The molecule has 116 valence electrons. The number of hydrogen-bond donors (Lipinski definition) is 2. The predicted molar refractivity (Wildman–Crippen MR) is 87.7 cm³/mol. The number of nitrogens with zero attached hydrogens (tertiary/aromatic N) is 1. The summed E-state index contributed by atoms with van der Waals surface area (Å²) in [6, 6.07) is 11.8. The van der Waals surface area contributed by atoms with E-state index >= 15 is 0 Å². The molecule has 0 radical (unpaired) electrons. The molecule has 6 nitrogen and oxygen atoms in total. The summed E-state index contributed by atoms with van der Waals surface area (Å²) in [6.07, 6.45) is 0. The lowest BCUT2D eigenvalue weighted by molar-refractivity contribution is 0.253. The molecule has 2 aromatic rings. The molecule has 8 heteroatoms. The SMILES string of the molecule is Cc1ccc(N(NS(=O)(=O)c2ccc(Br)cc2)C(N)=O)cc1. The van der Waals surface area contributed by atoms with Crippen LogP contribution in [0.3, 0.4) is 0 Å². The third kappa shape index (κ3) is 3.85. The first-order valence-corrected chi connectivity index (χ1v) is 8.51. The van der Waals surface area contributed by atoms with Crippen LogP contribution >= 0.6 is 15.9 Å². The van der Waals surface area contributed by atoms with E-state index in [9.17, 15) is 13.2 Å². The van der Waals surface area contributed by atoms with Crippen LogP contribution in [0, 0.1) is 6.92 Å². The number of carbonyl (C=O) groups is 1. The second kappa shape index (κ2) is 6.47. The molecule has 0 aromatic heterocycles. The Morgan fingerprint density at radius 2 is 1.64 bits per heavy atom. The second-order valence-electron chi connectivity index (χ2n) is 4.56. The van der Waals surface area contributed by atoms with E-state index in [-0.39, 0.29) is 4.90 Å². The number of urea groups is 1. The smallest absolute Gasteiger partial charge is 0.334 e. The standard InChI is InChI=1S/C14H14BrN3O3S/c1-10-2-6-12(7-3-10)18(14(16)19)17-22(20,21)13-8-4-11(15)5-9-13/h2-9,17H,1H3,(H2,16,19). The summed E-state index contributed by atoms with van der Waals surface area (Å²) in [5.41, 5.74) is 6.58. The summed E-state index contributed by atoms with van der Waals surface area (Å²) in [7, 11) is -3.93. The van der Waals surface area contributed by atoms with Gasteiger partial charge in [0.1, 0.15) is 0 Å². The van der Waals surface area contributed by atoms with Crippen molar-refractivity contribution in [1.29, 1.82) is 0 Å². The number of anilines is 1. The Bertz CT molecular complexity index is 774. The van der Waals surface area contributed by atoms with E-state index in [1.54, 1.807) is 36.4 Å². The van der Waals surface area contributed by atoms with Crippen molar-refractivity contribution in [3.8, 4) is 0 Å². The number of rotatable bonds is 4. The number of nitrogens with one attached hydrogen (secondary N) is 1. The Hall–Kier alpha value is -1.90. The van der Waals surface area contributed by atoms with E-state index < -0.39 is 16.1 Å². The van der Waals surface area contributed by atoms with Crippen molar-refractivity contribution in [3.63, 3.8) is 0 Å². The van der Waals surface area contributed by atoms with Crippen LogP contribution in [0.25, 0.3) is 0 Å². The summed E-state index contributed by atoms with van der Waals surface area (Å²) >= 11 is 3.23. The molecule has 2 aromatic carbocycles. The van der Waals surface area contributed by atoms with Crippen molar-refractivity contribution in [3.05, 3.63) is 58.6 Å². The van der Waals surface area contributed by atoms with Gasteiger partial charge in [0.2, 0.25) is 0 Å². The van der Waals surface area contributed by atoms with Gasteiger partial charge in [0, 0.05) is 4.47 Å². The van der Waals surface area contributed by atoms with Crippen LogP contribution < -0.4 is 15.6 Å². The third-order valence-electron chi connectivity index (χ3n) is 2.85. The van der Waals surface area contributed by atoms with Gasteiger partial charge in [-0.1, -0.05) is 33.6 Å². The number of hydrazine groups is 1. The van der Waals surface area contributed by atoms with Crippen LogP contribution in [0.5, 0.6) is 0 Å². The number of halogens is 1. The Morgan fingerprint density at radius 3 is 2.14 bits per heavy atom. The minimum atomic E-state index is -3.93. The van der Waals surface area contributed by atoms with Crippen LogP contribution in [0.15, 0.2) is 57.9 Å². The number of benzene rings is 2. The number of amides is 2. The zero-order chi connectivity index (χ0) is 16.3. The van der Waals surface area contributed by atoms with Crippen molar-refractivity contribution >= 4 is 37.7 Å². The molecule has 0 atom stereocenters. The Morgan fingerprint density at radius 1 is 1.09 bits per heavy atom. The number of aryl methyl sites for hydroxylation is 1. The number of primary amides is 1. The zero-order valence-corrected chi connectivity index (χ0v) is 14.1. The Kier molecular flexibility index (Phi) is 4.84. The predicted octanol–water partition coefficient (Wildman–Crippen LogP) is 2.54. The van der Waals surface area contributed by atoms with Gasteiger partial charge in [-0.25, -0.2) is 18.2 Å². The normalized spacial score (nSPS) is 11.2. The van der Waals surface area contributed by atoms with E-state index in [1.807, 2.05) is 6.92 Å². The van der Waals surface area contributed by atoms with E-state index in [2.05, 4.69) is 20.8 Å². The van der Waals surface area contributed by atoms with E-state index in [0.717, 1.165) is 15.0 Å². The van der Waals surface area contributed by atoms with Crippen molar-refractivity contribution < 1.29 is 13.2 Å². The molecule has 0 fully saturated rings. The lowest BCUT2D eigenvalue weighted by atomic mass is 10.2. The van der Waals surface area contributed by atoms with Gasteiger partial charge in [0.05, 0.1) is 10.6 Å². The lowest BCUT2D eigenvalue weighted by Gasteiger charge is -2.21. The van der Waals surface area contributed by atoms with Gasteiger partial charge in [-0.15, -0.1) is 4.83 Å². The highest BCUT2D eigenvalue weighted by Crippen LogP contribution is 2.18. The molecule has 0 saturated heterocycles. The van der Waals surface area contributed by atoms with Gasteiger partial charge < -0.3 is 5.73 Å². The van der Waals surface area contributed by atoms with Gasteiger partial charge in [-0.2, -0.15) is 0 Å². The summed E-state index contributed by atoms with van der Waals surface area (Å²) in [5.74, 6) is 0. The zero-order valence-electron chi connectivity index (χ0n) is 11.7. The monoisotopic (exact) mass is 383 g/mol. The summed E-state index contributed by atoms with van der Waals surface area (Å²) in [4.78, 5) is 13.8. The van der Waals surface area contributed by atoms with Crippen molar-refractivity contribution in [2.24, 2.45) is 5.73 Å². The average molecular weight is 384 g/mol. The molecule has 0 bridgehead atoms. The molecule has 3 N–H and O–H groups in total. The fourth-order valence-electron chi connectivity index (χ4n) is 1.71. The lowest BCUT2D eigenvalue weighted by Crippen LogP contribution is -2.49. The first kappa shape index (κ1) is 16.5. The minimum absolute atomic E-state index is 0.0223. The molecule has 0 aliphatic heterocycles. The summed E-state index contributed by atoms with van der Waals surface area (Å²) in [5, 5.41) is 0.789. The molecular weight excluding hydrogens is 370 g/mol. The highest BCUT2D eigenvalue weighted by molar-refractivity contribution is 9.10. The third-order valence-corrected chi connectivity index (χ3v) is 4.69. The molecule has 0 unspecified atom stereocenters. The molecule has 2 rings (SSSR count). The largest absolute Gasteiger partial charge is 0.350 e. The maximum absolute atomic E-state index is 12.3. The summed E-state index contributed by atoms with van der Waals surface area (Å²) < 4.78 is 25.4. The number of sulfonamides is 1. The van der Waals surface area contributed by atoms with Crippen LogP contribution in [0.2, 0.25) is 0 Å². The van der Waals surface area contributed by atoms with Crippen molar-refractivity contribution in [1.82, 2.24) is 4.83 Å². The van der Waals surface area contributed by atoms with Gasteiger partial charge in [-0.3, -0.25) is 0 Å². The van der Waals surface area contributed by atoms with Crippen molar-refractivity contribution in [2.45, 2.75) is 11.8 Å². The molecule has 0 heterocycles. The fourth-order valence-corrected chi connectivity index (χ4v) is 3.01. The van der Waals surface area contributed by atoms with Crippen LogP contribution in [-0.4, -0.2) is 14.4 Å². The molecule has 0 aliphatic carbocycles. The van der Waals surface area contributed by atoms with Gasteiger partial charge in [-0.05, 0) is 43.3 Å². The van der Waals surface area contributed by atoms with Crippen molar-refractivity contribution in [2.75, 3.05) is 5.01 Å². The van der Waals surface area contributed by atoms with Crippen LogP contribution in [0.1, 0.15) is 5.56 Å². The first-order chi connectivity index (χ1) is 10.3. The molecular formula is C14H14BrN3O3S. The molecule has 22 heavy (non-hydrogen) atoms. The molecule has 0 saturated carbocycles. The Balaban J connectivity index is 2.33. The maximum Gasteiger partial charge on any atom is 0.334 e. The molecule has 0 aliphatic rings. The van der Waals surface area contributed by atoms with Gasteiger partial charge in [0.25, 0.3) is 10.0 Å². The summed E-state index contributed by atoms with van der Waals surface area (Å²) in [6.45, 7) is 1.88. The molecule has 0 spiro atoms. The average Bonchev–Trinajstić information content (AvgIpc) is 2.46. The topological polar surface area (TPSA) is 92.5 Å². The first-order valence-electron chi connectivity index (χ1n) is 6.24. The van der Waals surface area contributed by atoms with Crippen LogP contribution in [-0.2, 0) is 10.0 Å². The number of hydrogen-bond acceptors (Lipinski definition) is 3. The minimum Gasteiger partial charge on any atom is -0.350 e. The quantitative estimate of drug-likeness (QED) is 0.794. The van der Waals surface area contributed by atoms with Gasteiger partial charge in [0.15, 0.2) is 0 Å². The fraction of sp³-hybridized carbons (Fsp3) is 0.0714. The molecule has 2 amide bonds. The Labute approximate surface area is 137 Å². The maximum atomic E-state index is 12.3. The number of carbonyl (C=O) groups excluding carboxylic acids is 1. The van der Waals surface area contributed by atoms with Crippen LogP contribution in [0.4, 0.5) is 10.5 Å². The highest BCUT2D eigenvalue weighted by Gasteiger charge is 2.22. The second-order valence-corrected chi connectivity index (χ2v) is 7.13. The highest BCUT2D eigenvalue weighted by atomic mass is 79.9. The van der Waals surface area contributed by atoms with E-state index in [0.29, 0.717) is 5.69 Å². The van der Waals surface area contributed by atoms with E-state index in [4.69, 9.17) is 5.73 Å². The number of nitrogens with two attached hydrogens (primary N) is 1. The van der Waals surface area contributed by atoms with Gasteiger partial charge >= 0.3 is 6.03 Å². The van der Waals surface area contributed by atoms with E-state index in [1.165, 1.54) is 12.1 Å².